The second-order valence-corrected chi connectivity index (χ2v) is 6.83. The lowest BCUT2D eigenvalue weighted by molar-refractivity contribution is -0.152. The van der Waals surface area contributed by atoms with Crippen molar-refractivity contribution in [3.8, 4) is 6.07 Å². The Bertz CT molecular complexity index is 571. The summed E-state index contributed by atoms with van der Waals surface area (Å²) in [7, 11) is 0. The van der Waals surface area contributed by atoms with Gasteiger partial charge in [-0.2, -0.15) is 5.26 Å². The van der Waals surface area contributed by atoms with Gasteiger partial charge in [0.25, 0.3) is 0 Å². The van der Waals surface area contributed by atoms with Crippen LogP contribution in [0.5, 0.6) is 0 Å². The van der Waals surface area contributed by atoms with Crippen LogP contribution in [0.4, 0.5) is 0 Å². The number of unbranched alkanes of at least 4 members (excludes halogenated alkanes) is 2. The predicted octanol–water partition coefficient (Wildman–Crippen LogP) is 3.34. The molecule has 0 aliphatic heterocycles. The number of carbonyl (C=O) groups excluding carboxylic acids is 2. The largest absolute Gasteiger partial charge is 0.459 e. The van der Waals surface area contributed by atoms with E-state index in [0.29, 0.717) is 25.7 Å². The smallest absolute Gasteiger partial charge is 0.329 e. The standard InChI is InChI=1S/C19H26N2O3/c1-19(2,3)17(21-16(22)12-8-5-9-13-20)18(23)24-14-15-10-6-4-7-11-15/h4,6-7,10-11,17H,5,8-9,12,14H2,1-3H3,(H,21,22)/t17-/m1/s1. The number of nitriles is 1. The van der Waals surface area contributed by atoms with Crippen LogP contribution in [0, 0.1) is 16.7 Å². The molecule has 0 aromatic heterocycles. The molecule has 1 aromatic rings. The molecule has 24 heavy (non-hydrogen) atoms. The van der Waals surface area contributed by atoms with Crippen molar-refractivity contribution in [3.63, 3.8) is 0 Å². The van der Waals surface area contributed by atoms with Crippen LogP contribution in [0.1, 0.15) is 52.0 Å². The van der Waals surface area contributed by atoms with Gasteiger partial charge in [-0.3, -0.25) is 4.79 Å². The summed E-state index contributed by atoms with van der Waals surface area (Å²) in [6.45, 7) is 5.84. The molecule has 5 nitrogen and oxygen atoms in total. The molecule has 0 fully saturated rings. The number of nitrogens with zero attached hydrogens (tertiary/aromatic N) is 1. The summed E-state index contributed by atoms with van der Waals surface area (Å²) in [6.07, 6.45) is 2.06. The van der Waals surface area contributed by atoms with Crippen LogP contribution in [0.15, 0.2) is 30.3 Å². The van der Waals surface area contributed by atoms with Crippen molar-refractivity contribution >= 4 is 11.9 Å². The van der Waals surface area contributed by atoms with Crippen molar-refractivity contribution in [1.82, 2.24) is 5.32 Å². The van der Waals surface area contributed by atoms with Crippen LogP contribution < -0.4 is 5.32 Å². The van der Waals surface area contributed by atoms with Crippen LogP contribution in [0.25, 0.3) is 0 Å². The lowest BCUT2D eigenvalue weighted by Crippen LogP contribution is -2.49. The zero-order valence-corrected chi connectivity index (χ0v) is 14.7. The normalized spacial score (nSPS) is 12.1. The third-order valence-electron chi connectivity index (χ3n) is 3.57. The molecule has 0 radical (unpaired) electrons. The van der Waals surface area contributed by atoms with Gasteiger partial charge in [0.05, 0.1) is 6.07 Å². The molecule has 5 heteroatoms. The molecule has 0 spiro atoms. The van der Waals surface area contributed by atoms with Gasteiger partial charge >= 0.3 is 5.97 Å². The topological polar surface area (TPSA) is 79.2 Å². The Balaban J connectivity index is 2.56. The molecule has 0 aliphatic rings. The predicted molar refractivity (Wildman–Crippen MR) is 91.7 cm³/mol. The molecular weight excluding hydrogens is 304 g/mol. The number of ether oxygens (including phenoxy) is 1. The second-order valence-electron chi connectivity index (χ2n) is 6.83. The van der Waals surface area contributed by atoms with Crippen molar-refractivity contribution < 1.29 is 14.3 Å². The van der Waals surface area contributed by atoms with Gasteiger partial charge in [0.2, 0.25) is 5.91 Å². The lowest BCUT2D eigenvalue weighted by atomic mass is 9.86. The molecule has 1 rings (SSSR count). The molecule has 1 N–H and O–H groups in total. The van der Waals surface area contributed by atoms with Crippen molar-refractivity contribution in [2.45, 2.75) is 59.1 Å². The minimum absolute atomic E-state index is 0.185. The van der Waals surface area contributed by atoms with Crippen molar-refractivity contribution in [2.24, 2.45) is 5.41 Å². The number of benzene rings is 1. The molecular formula is C19H26N2O3. The van der Waals surface area contributed by atoms with Gasteiger partial charge < -0.3 is 10.1 Å². The molecule has 0 aliphatic carbocycles. The van der Waals surface area contributed by atoms with Crippen LogP contribution in [-0.4, -0.2) is 17.9 Å². The van der Waals surface area contributed by atoms with E-state index < -0.39 is 17.4 Å². The van der Waals surface area contributed by atoms with E-state index >= 15 is 0 Å². The fourth-order valence-corrected chi connectivity index (χ4v) is 2.16. The lowest BCUT2D eigenvalue weighted by Gasteiger charge is -2.29. The van der Waals surface area contributed by atoms with Crippen LogP contribution in [0.3, 0.4) is 0 Å². The maximum atomic E-state index is 12.4. The van der Waals surface area contributed by atoms with Gasteiger partial charge in [0, 0.05) is 12.8 Å². The van der Waals surface area contributed by atoms with Gasteiger partial charge in [-0.25, -0.2) is 4.79 Å². The van der Waals surface area contributed by atoms with E-state index in [4.69, 9.17) is 10.00 Å². The summed E-state index contributed by atoms with van der Waals surface area (Å²) >= 11 is 0. The number of esters is 1. The number of hydrogen-bond donors (Lipinski definition) is 1. The Morgan fingerprint density at radius 1 is 1.21 bits per heavy atom. The minimum Gasteiger partial charge on any atom is -0.459 e. The molecule has 0 heterocycles. The fourth-order valence-electron chi connectivity index (χ4n) is 2.16. The van der Waals surface area contributed by atoms with E-state index in [0.717, 1.165) is 5.56 Å². The summed E-state index contributed by atoms with van der Waals surface area (Å²) in [5.41, 5.74) is 0.456. The highest BCUT2D eigenvalue weighted by Crippen LogP contribution is 2.21. The van der Waals surface area contributed by atoms with Gasteiger partial charge in [0.15, 0.2) is 0 Å². The first-order valence-corrected chi connectivity index (χ1v) is 8.21. The Kier molecular flexibility index (Phi) is 7.97. The van der Waals surface area contributed by atoms with Crippen LogP contribution in [0.2, 0.25) is 0 Å². The molecule has 0 bridgehead atoms. The zero-order chi connectivity index (χ0) is 18.0. The summed E-state index contributed by atoms with van der Waals surface area (Å²) < 4.78 is 5.36. The van der Waals surface area contributed by atoms with E-state index in [2.05, 4.69) is 11.4 Å². The highest BCUT2D eigenvalue weighted by molar-refractivity contribution is 5.85. The molecule has 1 atom stereocenters. The second kappa shape index (κ2) is 9.71. The Hall–Kier alpha value is -2.35. The Morgan fingerprint density at radius 3 is 2.46 bits per heavy atom. The van der Waals surface area contributed by atoms with Gasteiger partial charge in [-0.1, -0.05) is 51.1 Å². The quantitative estimate of drug-likeness (QED) is 0.585. The molecule has 0 saturated carbocycles. The maximum Gasteiger partial charge on any atom is 0.329 e. The average Bonchev–Trinajstić information content (AvgIpc) is 2.54. The van der Waals surface area contributed by atoms with Crippen molar-refractivity contribution in [3.05, 3.63) is 35.9 Å². The first kappa shape index (κ1) is 19.7. The number of hydrogen-bond acceptors (Lipinski definition) is 4. The van der Waals surface area contributed by atoms with E-state index in [1.54, 1.807) is 0 Å². The molecule has 0 unspecified atom stereocenters. The molecule has 0 saturated heterocycles. The Morgan fingerprint density at radius 2 is 1.88 bits per heavy atom. The van der Waals surface area contributed by atoms with Gasteiger partial charge in [-0.15, -0.1) is 0 Å². The fraction of sp³-hybridized carbons (Fsp3) is 0.526. The highest BCUT2D eigenvalue weighted by atomic mass is 16.5. The van der Waals surface area contributed by atoms with Crippen LogP contribution >= 0.6 is 0 Å². The van der Waals surface area contributed by atoms with E-state index in [1.165, 1.54) is 0 Å². The van der Waals surface area contributed by atoms with E-state index in [-0.39, 0.29) is 12.5 Å². The Labute approximate surface area is 144 Å². The number of nitrogens with one attached hydrogen (secondary N) is 1. The molecule has 1 aromatic carbocycles. The highest BCUT2D eigenvalue weighted by Gasteiger charge is 2.33. The van der Waals surface area contributed by atoms with Crippen LogP contribution in [-0.2, 0) is 20.9 Å². The van der Waals surface area contributed by atoms with E-state index in [9.17, 15) is 9.59 Å². The first-order valence-electron chi connectivity index (χ1n) is 8.21. The summed E-state index contributed by atoms with van der Waals surface area (Å²) in [5, 5.41) is 11.3. The average molecular weight is 330 g/mol. The summed E-state index contributed by atoms with van der Waals surface area (Å²) in [4.78, 5) is 24.4. The zero-order valence-electron chi connectivity index (χ0n) is 14.7. The molecule has 130 valence electrons. The maximum absolute atomic E-state index is 12.4. The van der Waals surface area contributed by atoms with E-state index in [1.807, 2.05) is 51.1 Å². The number of amides is 1. The van der Waals surface area contributed by atoms with Crippen molar-refractivity contribution in [1.29, 1.82) is 5.26 Å². The number of rotatable bonds is 8. The van der Waals surface area contributed by atoms with Gasteiger partial charge in [-0.05, 0) is 23.8 Å². The number of carbonyl (C=O) groups is 2. The monoisotopic (exact) mass is 330 g/mol. The third kappa shape index (κ3) is 7.28. The molecule has 1 amide bonds. The van der Waals surface area contributed by atoms with Crippen molar-refractivity contribution in [2.75, 3.05) is 0 Å². The van der Waals surface area contributed by atoms with Gasteiger partial charge in [0.1, 0.15) is 12.6 Å². The first-order chi connectivity index (χ1) is 11.3. The minimum atomic E-state index is -0.704. The summed E-state index contributed by atoms with van der Waals surface area (Å²) in [6, 6.07) is 10.8. The third-order valence-corrected chi connectivity index (χ3v) is 3.57. The summed E-state index contributed by atoms with van der Waals surface area (Å²) in [5.74, 6) is -0.624. The SMILES string of the molecule is CC(C)(C)[C@H](NC(=O)CCCCC#N)C(=O)OCc1ccccc1.